The number of rotatable bonds is 4. The van der Waals surface area contributed by atoms with Crippen LogP contribution in [0.2, 0.25) is 5.02 Å². The monoisotopic (exact) mass is 372 g/mol. The van der Waals surface area contributed by atoms with E-state index in [0.29, 0.717) is 35.3 Å². The van der Waals surface area contributed by atoms with E-state index in [0.717, 1.165) is 24.6 Å². The van der Waals surface area contributed by atoms with E-state index >= 15 is 0 Å². The Morgan fingerprint density at radius 1 is 1.12 bits per heavy atom. The molecule has 1 aliphatic carbocycles. The van der Waals surface area contributed by atoms with Crippen molar-refractivity contribution in [2.24, 2.45) is 0 Å². The molecule has 0 spiro atoms. The molecule has 1 aromatic heterocycles. The van der Waals surface area contributed by atoms with E-state index in [1.165, 1.54) is 12.8 Å². The highest BCUT2D eigenvalue weighted by molar-refractivity contribution is 6.31. The van der Waals surface area contributed by atoms with Gasteiger partial charge in [0.05, 0.1) is 18.4 Å². The fourth-order valence-corrected chi connectivity index (χ4v) is 3.43. The molecule has 0 atom stereocenters. The summed E-state index contributed by atoms with van der Waals surface area (Å²) in [5.41, 5.74) is 1.60. The Morgan fingerprint density at radius 2 is 1.88 bits per heavy atom. The molecule has 2 fully saturated rings. The molecule has 26 heavy (non-hydrogen) atoms. The standard InChI is InChI=1S/C19H21ClN4O2/c1-26-17-6-4-14(20)12-15(17)19(25)24-10-8-23(9-11-24)18-7-5-16(21-22-18)13-2-3-13/h4-7,12-13H,2-3,8-11H2,1H3. The second-order valence-electron chi connectivity index (χ2n) is 6.71. The van der Waals surface area contributed by atoms with Crippen LogP contribution in [0.15, 0.2) is 30.3 Å². The van der Waals surface area contributed by atoms with Gasteiger partial charge in [0.2, 0.25) is 0 Å². The Bertz CT molecular complexity index is 800. The summed E-state index contributed by atoms with van der Waals surface area (Å²) < 4.78 is 5.30. The van der Waals surface area contributed by atoms with Gasteiger partial charge in [-0.15, -0.1) is 5.10 Å². The summed E-state index contributed by atoms with van der Waals surface area (Å²) >= 11 is 6.05. The molecule has 136 valence electrons. The Hall–Kier alpha value is -2.34. The maximum atomic E-state index is 12.8. The first kappa shape index (κ1) is 17.1. The molecule has 1 aromatic carbocycles. The average molecular weight is 373 g/mol. The molecule has 0 unspecified atom stereocenters. The first-order valence-electron chi connectivity index (χ1n) is 8.87. The molecule has 6 nitrogen and oxygen atoms in total. The van der Waals surface area contributed by atoms with Gasteiger partial charge in [0, 0.05) is 37.1 Å². The van der Waals surface area contributed by atoms with Crippen LogP contribution in [0.1, 0.15) is 34.8 Å². The first-order chi connectivity index (χ1) is 12.7. The lowest BCUT2D eigenvalue weighted by molar-refractivity contribution is 0.0743. The van der Waals surface area contributed by atoms with Crippen LogP contribution in [0, 0.1) is 0 Å². The van der Waals surface area contributed by atoms with E-state index in [-0.39, 0.29) is 5.91 Å². The topological polar surface area (TPSA) is 58.6 Å². The van der Waals surface area contributed by atoms with Gasteiger partial charge in [-0.05, 0) is 43.2 Å². The van der Waals surface area contributed by atoms with Crippen molar-refractivity contribution in [2.75, 3.05) is 38.2 Å². The number of halogens is 1. The Labute approximate surface area is 157 Å². The molecule has 1 saturated heterocycles. The number of anilines is 1. The lowest BCUT2D eigenvalue weighted by atomic mass is 10.1. The maximum Gasteiger partial charge on any atom is 0.257 e. The zero-order valence-corrected chi connectivity index (χ0v) is 15.4. The van der Waals surface area contributed by atoms with Gasteiger partial charge >= 0.3 is 0 Å². The molecule has 4 rings (SSSR count). The summed E-state index contributed by atoms with van der Waals surface area (Å²) in [4.78, 5) is 16.8. The molecule has 0 bridgehead atoms. The van der Waals surface area contributed by atoms with E-state index in [1.54, 1.807) is 25.3 Å². The van der Waals surface area contributed by atoms with Crippen molar-refractivity contribution in [1.82, 2.24) is 15.1 Å². The van der Waals surface area contributed by atoms with Crippen LogP contribution < -0.4 is 9.64 Å². The summed E-state index contributed by atoms with van der Waals surface area (Å²) in [6.45, 7) is 2.71. The molecule has 1 amide bonds. The third-order valence-corrected chi connectivity index (χ3v) is 5.18. The summed E-state index contributed by atoms with van der Waals surface area (Å²) in [6, 6.07) is 9.23. The minimum atomic E-state index is -0.0563. The largest absolute Gasteiger partial charge is 0.496 e. The van der Waals surface area contributed by atoms with Crippen LogP contribution in [0.4, 0.5) is 5.82 Å². The van der Waals surface area contributed by atoms with Gasteiger partial charge in [-0.25, -0.2) is 0 Å². The lowest BCUT2D eigenvalue weighted by Crippen LogP contribution is -2.49. The fourth-order valence-electron chi connectivity index (χ4n) is 3.26. The number of hydrogen-bond acceptors (Lipinski definition) is 5. The second-order valence-corrected chi connectivity index (χ2v) is 7.15. The normalized spacial score (nSPS) is 17.3. The Kier molecular flexibility index (Phi) is 4.68. The SMILES string of the molecule is COc1ccc(Cl)cc1C(=O)N1CCN(c2ccc(C3CC3)nn2)CC1. The molecule has 0 N–H and O–H groups in total. The van der Waals surface area contributed by atoms with Gasteiger partial charge in [-0.3, -0.25) is 4.79 Å². The number of aromatic nitrogens is 2. The zero-order chi connectivity index (χ0) is 18.1. The fraction of sp³-hybridized carbons (Fsp3) is 0.421. The third kappa shape index (κ3) is 3.46. The smallest absolute Gasteiger partial charge is 0.257 e. The predicted molar refractivity (Wildman–Crippen MR) is 100 cm³/mol. The number of carbonyl (C=O) groups excluding carboxylic acids is 1. The van der Waals surface area contributed by atoms with Crippen molar-refractivity contribution < 1.29 is 9.53 Å². The highest BCUT2D eigenvalue weighted by Gasteiger charge is 2.27. The molecule has 2 aromatic rings. The number of methoxy groups -OCH3 is 1. The van der Waals surface area contributed by atoms with E-state index in [1.807, 2.05) is 11.0 Å². The van der Waals surface area contributed by atoms with Crippen LogP contribution in [0.25, 0.3) is 0 Å². The lowest BCUT2D eigenvalue weighted by Gasteiger charge is -2.35. The van der Waals surface area contributed by atoms with Crippen molar-refractivity contribution in [1.29, 1.82) is 0 Å². The minimum Gasteiger partial charge on any atom is -0.496 e. The molecule has 1 aliphatic heterocycles. The van der Waals surface area contributed by atoms with Crippen molar-refractivity contribution in [2.45, 2.75) is 18.8 Å². The molecule has 7 heteroatoms. The van der Waals surface area contributed by atoms with Gasteiger partial charge in [0.1, 0.15) is 5.75 Å². The Morgan fingerprint density at radius 3 is 2.50 bits per heavy atom. The van der Waals surface area contributed by atoms with Crippen molar-refractivity contribution in [3.63, 3.8) is 0 Å². The molecule has 2 aliphatic rings. The number of amides is 1. The molecular weight excluding hydrogens is 352 g/mol. The zero-order valence-electron chi connectivity index (χ0n) is 14.7. The Balaban J connectivity index is 1.41. The third-order valence-electron chi connectivity index (χ3n) is 4.95. The molecule has 0 radical (unpaired) electrons. The highest BCUT2D eigenvalue weighted by Crippen LogP contribution is 2.38. The molecular formula is C19H21ClN4O2. The number of nitrogens with zero attached hydrogens (tertiary/aromatic N) is 4. The van der Waals surface area contributed by atoms with E-state index < -0.39 is 0 Å². The van der Waals surface area contributed by atoms with Crippen LogP contribution in [0.5, 0.6) is 5.75 Å². The summed E-state index contributed by atoms with van der Waals surface area (Å²) in [5, 5.41) is 9.24. The average Bonchev–Trinajstić information content (AvgIpc) is 3.53. The van der Waals surface area contributed by atoms with Crippen molar-refractivity contribution in [3.05, 3.63) is 46.6 Å². The van der Waals surface area contributed by atoms with E-state index in [4.69, 9.17) is 16.3 Å². The van der Waals surface area contributed by atoms with Crippen LogP contribution in [0.3, 0.4) is 0 Å². The van der Waals surface area contributed by atoms with Crippen molar-refractivity contribution >= 4 is 23.3 Å². The van der Waals surface area contributed by atoms with Gasteiger partial charge in [0.25, 0.3) is 5.91 Å². The summed E-state index contributed by atoms with van der Waals surface area (Å²) in [7, 11) is 1.56. The maximum absolute atomic E-state index is 12.8. The van der Waals surface area contributed by atoms with Crippen LogP contribution >= 0.6 is 11.6 Å². The summed E-state index contributed by atoms with van der Waals surface area (Å²) in [5.74, 6) is 1.98. The van der Waals surface area contributed by atoms with E-state index in [9.17, 15) is 4.79 Å². The number of carbonyl (C=O) groups is 1. The number of piperazine rings is 1. The van der Waals surface area contributed by atoms with Crippen molar-refractivity contribution in [3.8, 4) is 5.75 Å². The highest BCUT2D eigenvalue weighted by atomic mass is 35.5. The van der Waals surface area contributed by atoms with Crippen LogP contribution in [-0.4, -0.2) is 54.3 Å². The van der Waals surface area contributed by atoms with E-state index in [2.05, 4.69) is 21.2 Å². The minimum absolute atomic E-state index is 0.0563. The molecule has 2 heterocycles. The number of benzene rings is 1. The molecule has 1 saturated carbocycles. The summed E-state index contributed by atoms with van der Waals surface area (Å²) in [6.07, 6.45) is 2.45. The number of ether oxygens (including phenoxy) is 1. The first-order valence-corrected chi connectivity index (χ1v) is 9.25. The van der Waals surface area contributed by atoms with Gasteiger partial charge < -0.3 is 14.5 Å². The number of hydrogen-bond donors (Lipinski definition) is 0. The second kappa shape index (κ2) is 7.11. The van der Waals surface area contributed by atoms with Gasteiger partial charge in [0.15, 0.2) is 5.82 Å². The van der Waals surface area contributed by atoms with Crippen LogP contribution in [-0.2, 0) is 0 Å². The van der Waals surface area contributed by atoms with Gasteiger partial charge in [-0.2, -0.15) is 5.10 Å². The van der Waals surface area contributed by atoms with Gasteiger partial charge in [-0.1, -0.05) is 11.6 Å². The quantitative estimate of drug-likeness (QED) is 0.825. The predicted octanol–water partition coefficient (Wildman–Crippen LogP) is 2.98.